The van der Waals surface area contributed by atoms with E-state index in [1.165, 1.54) is 0 Å². The number of aromatic nitrogens is 3. The molecule has 10 rings (SSSR count). The summed E-state index contributed by atoms with van der Waals surface area (Å²) in [4.78, 5) is 14.3. The lowest BCUT2D eigenvalue weighted by Crippen LogP contribution is -2.15. The molecule has 0 amide bonds. The summed E-state index contributed by atoms with van der Waals surface area (Å²) < 4.78 is 135. The zero-order chi connectivity index (χ0) is 47.2. The van der Waals surface area contributed by atoms with Gasteiger partial charge < -0.3 is 0 Å². The highest BCUT2D eigenvalue weighted by Gasteiger charge is 2.35. The first-order valence-corrected chi connectivity index (χ1v) is 16.3. The highest BCUT2D eigenvalue weighted by molar-refractivity contribution is 6.25. The van der Waals surface area contributed by atoms with Gasteiger partial charge in [0, 0.05) is 22.1 Å². The van der Waals surface area contributed by atoms with Crippen LogP contribution >= 0.6 is 0 Å². The van der Waals surface area contributed by atoms with Crippen LogP contribution in [-0.2, 0) is 5.41 Å². The molecule has 0 N–H and O–H groups in total. The van der Waals surface area contributed by atoms with Gasteiger partial charge in [0.1, 0.15) is 0 Å². The Morgan fingerprint density at radius 1 is 0.412 bits per heavy atom. The molecule has 1 aromatic heterocycles. The highest BCUT2D eigenvalue weighted by atomic mass is 15.0. The molecule has 0 saturated heterocycles. The molecule has 8 aromatic carbocycles. The summed E-state index contributed by atoms with van der Waals surface area (Å²) >= 11 is 0. The van der Waals surface area contributed by atoms with Crippen LogP contribution in [-0.4, -0.2) is 15.0 Å². The second kappa shape index (κ2) is 11.3. The number of rotatable bonds is 4. The summed E-state index contributed by atoms with van der Waals surface area (Å²) in [6.07, 6.45) is 0. The summed E-state index contributed by atoms with van der Waals surface area (Å²) in [7, 11) is 0. The molecule has 3 heteroatoms. The van der Waals surface area contributed by atoms with E-state index in [0.717, 1.165) is 22.3 Å². The highest BCUT2D eigenvalue weighted by Crippen LogP contribution is 2.49. The third-order valence-electron chi connectivity index (χ3n) is 9.55. The monoisotopic (exact) mass is 666 g/mol. The largest absolute Gasteiger partial charge is 0.208 e. The average Bonchev–Trinajstić information content (AvgIpc) is 3.55. The van der Waals surface area contributed by atoms with Gasteiger partial charge in [0.15, 0.2) is 17.5 Å². The van der Waals surface area contributed by atoms with Gasteiger partial charge in [-0.3, -0.25) is 0 Å². The number of hydrogen-bond acceptors (Lipinski definition) is 3. The van der Waals surface area contributed by atoms with Crippen LogP contribution in [0.25, 0.3) is 88.7 Å². The van der Waals surface area contributed by atoms with Crippen molar-refractivity contribution in [1.29, 1.82) is 0 Å². The molecule has 0 bridgehead atoms. The van der Waals surface area contributed by atoms with Crippen LogP contribution in [0.15, 0.2) is 163 Å². The first-order valence-electron chi connectivity index (χ1n) is 23.8. The fraction of sp³-hybridized carbons (Fsp3) is 0.0625. The van der Waals surface area contributed by atoms with Crippen molar-refractivity contribution in [3.63, 3.8) is 0 Å². The molecule has 1 heterocycles. The van der Waals surface area contributed by atoms with Gasteiger partial charge in [0.25, 0.3) is 0 Å². The van der Waals surface area contributed by atoms with E-state index in [9.17, 15) is 9.60 Å². The van der Waals surface area contributed by atoms with Gasteiger partial charge in [-0.05, 0) is 77.8 Å². The Morgan fingerprint density at radius 3 is 1.61 bits per heavy atom. The molecule has 0 radical (unpaired) electrons. The Balaban J connectivity index is 1.25. The van der Waals surface area contributed by atoms with Gasteiger partial charge in [-0.15, -0.1) is 0 Å². The van der Waals surface area contributed by atoms with Crippen LogP contribution in [0.5, 0.6) is 0 Å². The molecule has 0 atom stereocenters. The lowest BCUT2D eigenvalue weighted by atomic mass is 9.82. The summed E-state index contributed by atoms with van der Waals surface area (Å²) in [5.41, 5.74) is 3.78. The Labute approximate surface area is 318 Å². The predicted molar refractivity (Wildman–Crippen MR) is 212 cm³/mol. The SMILES string of the molecule is [2H]c1c([2H])c(-c2c([2H])c([2H])c3c4c([2H])c([2H])c([2H])c([2H])c4c4c([2H])c([2H])c([2H])c([2H])c4c3c2[2H])c([2H])c([2H])c1-c1nc(-c2ccccc2)nc(-c2ccc3c(c2)C(C)(C)c2ccccc2-3)n1. The third kappa shape index (κ3) is 4.69. The van der Waals surface area contributed by atoms with E-state index in [0.29, 0.717) is 11.1 Å². The topological polar surface area (TPSA) is 38.7 Å². The quantitative estimate of drug-likeness (QED) is 0.175. The smallest absolute Gasteiger partial charge is 0.164 e. The summed E-state index contributed by atoms with van der Waals surface area (Å²) in [6, 6.07) is 12.6. The van der Waals surface area contributed by atoms with Crippen molar-refractivity contribution in [3.05, 3.63) is 175 Å². The van der Waals surface area contributed by atoms with Crippen molar-refractivity contribution in [3.8, 4) is 56.4 Å². The molecule has 3 nitrogen and oxygen atoms in total. The van der Waals surface area contributed by atoms with Crippen molar-refractivity contribution in [2.75, 3.05) is 0 Å². The maximum atomic E-state index is 9.64. The summed E-state index contributed by atoms with van der Waals surface area (Å²) in [6.45, 7) is 4.27. The van der Waals surface area contributed by atoms with E-state index in [1.54, 1.807) is 24.3 Å². The predicted octanol–water partition coefficient (Wildman–Crippen LogP) is 12.3. The minimum absolute atomic E-state index is 0.190. The summed E-state index contributed by atoms with van der Waals surface area (Å²) in [5, 5.41) is -2.15. The van der Waals surface area contributed by atoms with Crippen LogP contribution in [0.2, 0.25) is 0 Å². The number of fused-ring (bicyclic) bond motifs is 9. The van der Waals surface area contributed by atoms with Gasteiger partial charge in [0.2, 0.25) is 0 Å². The van der Waals surface area contributed by atoms with Crippen LogP contribution < -0.4 is 0 Å². The average molecular weight is 667 g/mol. The maximum absolute atomic E-state index is 9.64. The Hall–Kier alpha value is -6.45. The first kappa shape index (κ1) is 18.0. The van der Waals surface area contributed by atoms with E-state index in [1.807, 2.05) is 36.4 Å². The summed E-state index contributed by atoms with van der Waals surface area (Å²) in [5.74, 6) is 0.202. The van der Waals surface area contributed by atoms with Crippen molar-refractivity contribution in [1.82, 2.24) is 15.0 Å². The lowest BCUT2D eigenvalue weighted by molar-refractivity contribution is 0.660. The van der Waals surface area contributed by atoms with Gasteiger partial charge in [0.05, 0.1) is 20.6 Å². The van der Waals surface area contributed by atoms with E-state index in [2.05, 4.69) is 31.0 Å². The molecule has 0 unspecified atom stereocenters. The van der Waals surface area contributed by atoms with Gasteiger partial charge in [-0.25, -0.2) is 15.0 Å². The molecule has 1 aliphatic rings. The minimum atomic E-state index is -0.773. The standard InChI is InChI=1S/C48H33N3/c1-48(2)43-19-11-10-18-40(43)41-27-25-34(29-44(41)48)47-50-45(31-12-4-3-5-13-31)49-46(51-47)32-22-20-30(21-23-32)33-24-26-39-37-16-7-6-14-35(37)36-15-8-9-17-38(36)42(39)28-33/h3-29H,1-2H3/i6D,7D,8D,9D,14D,15D,16D,17D,20D,21D,22D,23D,24D,26D,28D. The van der Waals surface area contributed by atoms with Gasteiger partial charge in [-0.2, -0.15) is 0 Å². The first-order chi connectivity index (χ1) is 31.3. The Kier molecular flexibility index (Phi) is 3.98. The maximum Gasteiger partial charge on any atom is 0.164 e. The Morgan fingerprint density at radius 2 is 0.922 bits per heavy atom. The van der Waals surface area contributed by atoms with Crippen LogP contribution in [0, 0.1) is 0 Å². The van der Waals surface area contributed by atoms with Crippen molar-refractivity contribution < 1.29 is 20.6 Å². The second-order valence-corrected chi connectivity index (χ2v) is 12.9. The second-order valence-electron chi connectivity index (χ2n) is 12.9. The van der Waals surface area contributed by atoms with Crippen molar-refractivity contribution >= 4 is 32.3 Å². The Bertz CT molecular complexity index is 3610. The zero-order valence-electron chi connectivity index (χ0n) is 42.3. The van der Waals surface area contributed by atoms with Gasteiger partial charge in [-0.1, -0.05) is 165 Å². The van der Waals surface area contributed by atoms with Gasteiger partial charge >= 0.3 is 0 Å². The molecule has 0 spiro atoms. The molecule has 0 saturated carbocycles. The molecule has 1 aliphatic carbocycles. The fourth-order valence-corrected chi connectivity index (χ4v) is 7.01. The number of nitrogens with zero attached hydrogens (tertiary/aromatic N) is 3. The van der Waals surface area contributed by atoms with Crippen LogP contribution in [0.4, 0.5) is 0 Å². The number of benzene rings is 8. The fourth-order valence-electron chi connectivity index (χ4n) is 7.01. The molecule has 0 aliphatic heterocycles. The zero-order valence-corrected chi connectivity index (χ0v) is 27.3. The molecule has 9 aromatic rings. The van der Waals surface area contributed by atoms with Crippen LogP contribution in [0.3, 0.4) is 0 Å². The normalized spacial score (nSPS) is 17.2. The van der Waals surface area contributed by atoms with E-state index < -0.39 is 102 Å². The van der Waals surface area contributed by atoms with Crippen molar-refractivity contribution in [2.24, 2.45) is 0 Å². The number of hydrogen-bond donors (Lipinski definition) is 0. The molecular weight excluding hydrogens is 619 g/mol. The molecule has 51 heavy (non-hydrogen) atoms. The third-order valence-corrected chi connectivity index (χ3v) is 9.55. The van der Waals surface area contributed by atoms with Crippen LogP contribution in [0.1, 0.15) is 45.5 Å². The molecule has 0 fully saturated rings. The van der Waals surface area contributed by atoms with E-state index in [4.69, 9.17) is 20.9 Å². The molecular formula is C48H33N3. The van der Waals surface area contributed by atoms with Crippen molar-refractivity contribution in [2.45, 2.75) is 19.3 Å². The molecule has 240 valence electrons. The van der Waals surface area contributed by atoms with E-state index >= 15 is 0 Å². The minimum Gasteiger partial charge on any atom is -0.208 e. The van der Waals surface area contributed by atoms with E-state index in [-0.39, 0.29) is 60.8 Å². The lowest BCUT2D eigenvalue weighted by Gasteiger charge is -2.21.